The molecule has 2 aliphatic rings. The van der Waals surface area contributed by atoms with Crippen molar-refractivity contribution in [1.82, 2.24) is 0 Å². The molecule has 76 valence electrons. The molecular weight excluding hydrogens is 184 g/mol. The Balaban J connectivity index is 1.96. The van der Waals surface area contributed by atoms with Gasteiger partial charge in [-0.1, -0.05) is 0 Å². The standard InChI is InChI=1S/C10H18O2S/c1-11-7-3-5-10-8(12-2)4-6-9(7)13-10/h7-10H,3-6H2,1-2H3/t7-,8-,9-,10-/m1/s1. The van der Waals surface area contributed by atoms with Crippen molar-refractivity contribution in [2.24, 2.45) is 0 Å². The Bertz CT molecular complexity index is 156. The lowest BCUT2D eigenvalue weighted by Gasteiger charge is -2.42. The molecule has 13 heavy (non-hydrogen) atoms. The normalized spacial score (nSPS) is 44.8. The first-order valence-electron chi connectivity index (χ1n) is 5.06. The molecule has 0 spiro atoms. The molecule has 0 saturated carbocycles. The molecular formula is C10H18O2S. The summed E-state index contributed by atoms with van der Waals surface area (Å²) in [7, 11) is 3.68. The molecule has 0 aromatic heterocycles. The zero-order valence-corrected chi connectivity index (χ0v) is 9.18. The van der Waals surface area contributed by atoms with Gasteiger partial charge in [-0.3, -0.25) is 0 Å². The van der Waals surface area contributed by atoms with Gasteiger partial charge in [0, 0.05) is 24.7 Å². The zero-order chi connectivity index (χ0) is 9.26. The molecule has 2 bridgehead atoms. The molecule has 2 rings (SSSR count). The molecule has 0 N–H and O–H groups in total. The van der Waals surface area contributed by atoms with E-state index in [2.05, 4.69) is 11.8 Å². The summed E-state index contributed by atoms with van der Waals surface area (Å²) in [5.74, 6) is 0. The van der Waals surface area contributed by atoms with Crippen LogP contribution in [0, 0.1) is 0 Å². The van der Waals surface area contributed by atoms with Crippen LogP contribution in [-0.4, -0.2) is 36.9 Å². The van der Waals surface area contributed by atoms with Crippen LogP contribution in [0.25, 0.3) is 0 Å². The van der Waals surface area contributed by atoms with Crippen molar-refractivity contribution in [3.8, 4) is 0 Å². The highest BCUT2D eigenvalue weighted by Crippen LogP contribution is 2.43. The fourth-order valence-electron chi connectivity index (χ4n) is 2.48. The van der Waals surface area contributed by atoms with Gasteiger partial charge in [-0.25, -0.2) is 0 Å². The van der Waals surface area contributed by atoms with Gasteiger partial charge < -0.3 is 9.47 Å². The van der Waals surface area contributed by atoms with Crippen LogP contribution in [0.3, 0.4) is 0 Å². The van der Waals surface area contributed by atoms with Crippen molar-refractivity contribution in [1.29, 1.82) is 0 Å². The van der Waals surface area contributed by atoms with Crippen LogP contribution in [0.5, 0.6) is 0 Å². The summed E-state index contributed by atoms with van der Waals surface area (Å²) in [4.78, 5) is 0. The van der Waals surface area contributed by atoms with E-state index >= 15 is 0 Å². The fourth-order valence-corrected chi connectivity index (χ4v) is 4.31. The van der Waals surface area contributed by atoms with Gasteiger partial charge >= 0.3 is 0 Å². The second-order valence-electron chi connectivity index (χ2n) is 3.92. The van der Waals surface area contributed by atoms with Crippen molar-refractivity contribution < 1.29 is 9.47 Å². The molecule has 0 radical (unpaired) electrons. The van der Waals surface area contributed by atoms with E-state index in [0.29, 0.717) is 12.2 Å². The number of fused-ring (bicyclic) bond motifs is 2. The zero-order valence-electron chi connectivity index (χ0n) is 8.36. The molecule has 0 amide bonds. The van der Waals surface area contributed by atoms with Gasteiger partial charge in [-0.2, -0.15) is 0 Å². The van der Waals surface area contributed by atoms with Crippen LogP contribution in [-0.2, 0) is 9.47 Å². The average Bonchev–Trinajstić information content (AvgIpc) is 2.19. The van der Waals surface area contributed by atoms with Gasteiger partial charge in [0.25, 0.3) is 0 Å². The third-order valence-corrected chi connectivity index (χ3v) is 5.03. The van der Waals surface area contributed by atoms with Gasteiger partial charge in [-0.05, 0) is 25.7 Å². The summed E-state index contributed by atoms with van der Waals surface area (Å²) < 4.78 is 11.0. The minimum Gasteiger partial charge on any atom is -0.380 e. The Kier molecular flexibility index (Phi) is 3.17. The number of rotatable bonds is 2. The van der Waals surface area contributed by atoms with Crippen LogP contribution < -0.4 is 0 Å². The SMILES string of the molecule is CO[C@@H]1CC[C@H]2S[C@@H]1CC[C@H]2OC. The summed E-state index contributed by atoms with van der Waals surface area (Å²) in [6, 6.07) is 0. The first kappa shape index (κ1) is 9.81. The fraction of sp³-hybridized carbons (Fsp3) is 1.00. The summed E-state index contributed by atoms with van der Waals surface area (Å²) in [5.41, 5.74) is 0. The molecule has 2 heterocycles. The molecule has 2 nitrogen and oxygen atoms in total. The monoisotopic (exact) mass is 202 g/mol. The lowest BCUT2D eigenvalue weighted by molar-refractivity contribution is 0.0382. The van der Waals surface area contributed by atoms with Gasteiger partial charge in [0.1, 0.15) is 0 Å². The molecule has 0 aliphatic carbocycles. The van der Waals surface area contributed by atoms with Crippen molar-refractivity contribution in [3.05, 3.63) is 0 Å². The van der Waals surface area contributed by atoms with Crippen LogP contribution in [0.2, 0.25) is 0 Å². The van der Waals surface area contributed by atoms with Crippen molar-refractivity contribution in [2.45, 2.75) is 48.4 Å². The molecule has 2 saturated heterocycles. The maximum Gasteiger partial charge on any atom is 0.0690 e. The molecule has 2 aliphatic heterocycles. The lowest BCUT2D eigenvalue weighted by Crippen LogP contribution is -2.43. The Hall–Kier alpha value is 0.270. The molecule has 0 unspecified atom stereocenters. The number of thioether (sulfide) groups is 1. The van der Waals surface area contributed by atoms with E-state index in [0.717, 1.165) is 10.5 Å². The minimum absolute atomic E-state index is 0.499. The first-order chi connectivity index (χ1) is 6.35. The summed E-state index contributed by atoms with van der Waals surface area (Å²) in [6.45, 7) is 0. The number of ether oxygens (including phenoxy) is 2. The Morgan fingerprint density at radius 2 is 1.31 bits per heavy atom. The number of hydrogen-bond acceptors (Lipinski definition) is 3. The first-order valence-corrected chi connectivity index (χ1v) is 6.00. The highest BCUT2D eigenvalue weighted by molar-refractivity contribution is 8.00. The van der Waals surface area contributed by atoms with Gasteiger partial charge in [0.2, 0.25) is 0 Å². The lowest BCUT2D eigenvalue weighted by atomic mass is 9.94. The van der Waals surface area contributed by atoms with E-state index in [9.17, 15) is 0 Å². The van der Waals surface area contributed by atoms with Crippen LogP contribution >= 0.6 is 11.8 Å². The second kappa shape index (κ2) is 4.20. The minimum atomic E-state index is 0.499. The van der Waals surface area contributed by atoms with E-state index in [1.807, 2.05) is 14.2 Å². The Labute approximate surface area is 84.4 Å². The topological polar surface area (TPSA) is 18.5 Å². The van der Waals surface area contributed by atoms with Crippen LogP contribution in [0.15, 0.2) is 0 Å². The maximum atomic E-state index is 5.48. The predicted molar refractivity (Wildman–Crippen MR) is 55.2 cm³/mol. The van der Waals surface area contributed by atoms with E-state index in [-0.39, 0.29) is 0 Å². The molecule has 2 fully saturated rings. The Morgan fingerprint density at radius 1 is 0.846 bits per heavy atom. The highest BCUT2D eigenvalue weighted by atomic mass is 32.2. The summed E-state index contributed by atoms with van der Waals surface area (Å²) in [6.07, 6.45) is 5.96. The highest BCUT2D eigenvalue weighted by Gasteiger charge is 2.39. The third-order valence-electron chi connectivity index (χ3n) is 3.26. The molecule has 0 aromatic carbocycles. The van der Waals surface area contributed by atoms with Gasteiger partial charge in [-0.15, -0.1) is 11.8 Å². The van der Waals surface area contributed by atoms with Crippen molar-refractivity contribution >= 4 is 11.8 Å². The summed E-state index contributed by atoms with van der Waals surface area (Å²) in [5, 5.41) is 1.46. The average molecular weight is 202 g/mol. The summed E-state index contributed by atoms with van der Waals surface area (Å²) >= 11 is 2.09. The number of methoxy groups -OCH3 is 2. The number of hydrogen-bond donors (Lipinski definition) is 0. The van der Waals surface area contributed by atoms with E-state index < -0.39 is 0 Å². The van der Waals surface area contributed by atoms with Crippen LogP contribution in [0.1, 0.15) is 25.7 Å². The quantitative estimate of drug-likeness (QED) is 0.683. The van der Waals surface area contributed by atoms with Crippen molar-refractivity contribution in [2.75, 3.05) is 14.2 Å². The molecule has 4 atom stereocenters. The van der Waals surface area contributed by atoms with E-state index in [1.54, 1.807) is 0 Å². The second-order valence-corrected chi connectivity index (χ2v) is 5.40. The Morgan fingerprint density at radius 3 is 1.69 bits per heavy atom. The van der Waals surface area contributed by atoms with E-state index in [4.69, 9.17) is 9.47 Å². The third kappa shape index (κ3) is 1.88. The smallest absolute Gasteiger partial charge is 0.0690 e. The largest absolute Gasteiger partial charge is 0.380 e. The van der Waals surface area contributed by atoms with Gasteiger partial charge in [0.15, 0.2) is 0 Å². The van der Waals surface area contributed by atoms with Crippen LogP contribution in [0.4, 0.5) is 0 Å². The van der Waals surface area contributed by atoms with E-state index in [1.165, 1.54) is 25.7 Å². The molecule has 0 aromatic rings. The maximum absolute atomic E-state index is 5.48. The van der Waals surface area contributed by atoms with Crippen molar-refractivity contribution in [3.63, 3.8) is 0 Å². The van der Waals surface area contributed by atoms with Gasteiger partial charge in [0.05, 0.1) is 12.2 Å². The molecule has 3 heteroatoms. The predicted octanol–water partition coefficient (Wildman–Crippen LogP) is 2.07.